The highest BCUT2D eigenvalue weighted by molar-refractivity contribution is 7.84. The highest BCUT2D eigenvalue weighted by atomic mass is 32.2. The molecular formula is C3H8O3S3. The van der Waals surface area contributed by atoms with Crippen molar-refractivity contribution >= 4 is 36.2 Å². The van der Waals surface area contributed by atoms with Crippen molar-refractivity contribution < 1.29 is 12.6 Å². The fourth-order valence-electron chi connectivity index (χ4n) is 0.200. The fraction of sp³-hybridized carbons (Fsp3) is 1.00. The van der Waals surface area contributed by atoms with Crippen LogP contribution in [0.1, 0.15) is 0 Å². The van der Waals surface area contributed by atoms with Crippen molar-refractivity contribution in [2.75, 3.05) is 12.4 Å². The maximum Gasteiger partial charge on any atom is 0.257 e. The first kappa shape index (κ1) is 9.61. The maximum absolute atomic E-state index is 9.78. The Kier molecular flexibility index (Phi) is 5.77. The van der Waals surface area contributed by atoms with E-state index in [1.807, 2.05) is 0 Å². The summed E-state index contributed by atoms with van der Waals surface area (Å²) < 4.78 is 23.8. The van der Waals surface area contributed by atoms with Gasteiger partial charge in [0.1, 0.15) is 0 Å². The van der Waals surface area contributed by atoms with E-state index in [0.29, 0.717) is 5.75 Å². The van der Waals surface area contributed by atoms with E-state index in [4.69, 9.17) is 0 Å². The van der Waals surface area contributed by atoms with Crippen LogP contribution in [0.15, 0.2) is 0 Å². The van der Waals surface area contributed by atoms with Gasteiger partial charge in [0.05, 0.1) is 6.61 Å². The molecule has 0 aromatic heterocycles. The van der Waals surface area contributed by atoms with Crippen molar-refractivity contribution in [3.63, 3.8) is 0 Å². The van der Waals surface area contributed by atoms with Crippen molar-refractivity contribution in [1.82, 2.24) is 0 Å². The fourth-order valence-corrected chi connectivity index (χ4v) is 0.799. The molecule has 0 aliphatic rings. The second kappa shape index (κ2) is 5.40. The minimum Gasteiger partial charge on any atom is -0.271 e. The van der Waals surface area contributed by atoms with Gasteiger partial charge >= 0.3 is 0 Å². The summed E-state index contributed by atoms with van der Waals surface area (Å²) in [6, 6.07) is 0. The Morgan fingerprint density at radius 1 is 1.56 bits per heavy atom. The summed E-state index contributed by atoms with van der Waals surface area (Å²) in [4.78, 5) is 0. The van der Waals surface area contributed by atoms with Gasteiger partial charge in [-0.15, -0.1) is 0 Å². The molecule has 0 saturated heterocycles. The standard InChI is InChI=1S/C3H8O3S3/c4-9(5)6-1-3(8)2-7/h3,7-9H,1-2H2. The topological polar surface area (TPSA) is 43.4 Å². The molecule has 0 aromatic rings. The molecule has 6 heteroatoms. The van der Waals surface area contributed by atoms with Crippen LogP contribution in [0.4, 0.5) is 0 Å². The summed E-state index contributed by atoms with van der Waals surface area (Å²) in [6.07, 6.45) is 0. The highest BCUT2D eigenvalue weighted by Crippen LogP contribution is 1.97. The molecule has 0 N–H and O–H groups in total. The Morgan fingerprint density at radius 2 is 2.11 bits per heavy atom. The number of thiol groups is 3. The second-order valence-electron chi connectivity index (χ2n) is 1.36. The lowest BCUT2D eigenvalue weighted by Crippen LogP contribution is -2.09. The van der Waals surface area contributed by atoms with Crippen LogP contribution < -0.4 is 0 Å². The van der Waals surface area contributed by atoms with Gasteiger partial charge in [0.15, 0.2) is 0 Å². The largest absolute Gasteiger partial charge is 0.271 e. The number of rotatable bonds is 4. The first-order valence-corrected chi connectivity index (χ1v) is 4.47. The number of hydrogen-bond donors (Lipinski definition) is 3. The minimum absolute atomic E-state index is 0.102. The molecule has 1 atom stereocenters. The molecule has 3 nitrogen and oxygen atoms in total. The minimum atomic E-state index is -2.72. The molecule has 0 radical (unpaired) electrons. The zero-order valence-electron chi connectivity index (χ0n) is 4.56. The third-order valence-electron chi connectivity index (χ3n) is 0.583. The van der Waals surface area contributed by atoms with Gasteiger partial charge in [-0.3, -0.25) is 4.18 Å². The predicted octanol–water partition coefficient (Wildman–Crippen LogP) is -0.242. The predicted molar refractivity (Wildman–Crippen MR) is 42.9 cm³/mol. The quantitative estimate of drug-likeness (QED) is 0.533. The molecule has 56 valence electrons. The highest BCUT2D eigenvalue weighted by Gasteiger charge is 1.98. The molecule has 0 aliphatic carbocycles. The zero-order chi connectivity index (χ0) is 7.28. The maximum atomic E-state index is 9.78. The molecule has 0 amide bonds. The smallest absolute Gasteiger partial charge is 0.257 e. The molecule has 0 fully saturated rings. The van der Waals surface area contributed by atoms with Crippen LogP contribution in [-0.4, -0.2) is 26.0 Å². The van der Waals surface area contributed by atoms with Gasteiger partial charge in [-0.05, 0) is 0 Å². The Bertz CT molecular complexity index is 124. The van der Waals surface area contributed by atoms with Gasteiger partial charge in [-0.2, -0.15) is 25.3 Å². The van der Waals surface area contributed by atoms with E-state index in [1.54, 1.807) is 0 Å². The summed E-state index contributed by atoms with van der Waals surface area (Å²) in [5.74, 6) is 0.506. The normalized spacial score (nSPS) is 14.1. The Hall–Kier alpha value is 0.610. The Morgan fingerprint density at radius 3 is 2.44 bits per heavy atom. The lowest BCUT2D eigenvalue weighted by Gasteiger charge is -2.01. The van der Waals surface area contributed by atoms with E-state index in [-0.39, 0.29) is 11.9 Å². The van der Waals surface area contributed by atoms with Crippen molar-refractivity contribution in [2.45, 2.75) is 5.25 Å². The van der Waals surface area contributed by atoms with Gasteiger partial charge in [0.2, 0.25) is 0 Å². The van der Waals surface area contributed by atoms with Gasteiger partial charge in [0, 0.05) is 11.0 Å². The van der Waals surface area contributed by atoms with Crippen LogP contribution in [0.2, 0.25) is 0 Å². The summed E-state index contributed by atoms with van der Waals surface area (Å²) >= 11 is 7.80. The molecule has 0 heterocycles. The van der Waals surface area contributed by atoms with E-state index in [9.17, 15) is 8.42 Å². The van der Waals surface area contributed by atoms with Crippen LogP contribution in [0.5, 0.6) is 0 Å². The van der Waals surface area contributed by atoms with Crippen molar-refractivity contribution in [3.8, 4) is 0 Å². The molecule has 0 aliphatic heterocycles. The Balaban J connectivity index is 3.27. The van der Waals surface area contributed by atoms with Crippen LogP contribution in [0, 0.1) is 0 Å². The monoisotopic (exact) mass is 188 g/mol. The van der Waals surface area contributed by atoms with Gasteiger partial charge in [0.25, 0.3) is 11.0 Å². The summed E-state index contributed by atoms with van der Waals surface area (Å²) in [7, 11) is -2.72. The van der Waals surface area contributed by atoms with E-state index in [2.05, 4.69) is 29.4 Å². The van der Waals surface area contributed by atoms with Gasteiger partial charge in [-0.1, -0.05) is 0 Å². The average molecular weight is 188 g/mol. The van der Waals surface area contributed by atoms with E-state index in [1.165, 1.54) is 0 Å². The number of hydrogen-bond acceptors (Lipinski definition) is 5. The third-order valence-corrected chi connectivity index (χ3v) is 2.00. The second-order valence-corrected chi connectivity index (χ2v) is 3.16. The first-order valence-electron chi connectivity index (χ1n) is 2.23. The molecule has 0 aromatic carbocycles. The molecule has 0 bridgehead atoms. The van der Waals surface area contributed by atoms with E-state index < -0.39 is 11.0 Å². The van der Waals surface area contributed by atoms with Crippen molar-refractivity contribution in [1.29, 1.82) is 0 Å². The lowest BCUT2D eigenvalue weighted by molar-refractivity contribution is 0.339. The Labute approximate surface area is 66.8 Å². The SMILES string of the molecule is O=[SH](=O)OCC(S)CS. The van der Waals surface area contributed by atoms with E-state index >= 15 is 0 Å². The van der Waals surface area contributed by atoms with E-state index in [0.717, 1.165) is 0 Å². The summed E-state index contributed by atoms with van der Waals surface area (Å²) in [5.41, 5.74) is 0. The molecule has 9 heavy (non-hydrogen) atoms. The van der Waals surface area contributed by atoms with Crippen LogP contribution in [0.3, 0.4) is 0 Å². The molecule has 0 saturated carbocycles. The van der Waals surface area contributed by atoms with Gasteiger partial charge in [-0.25, -0.2) is 8.42 Å². The van der Waals surface area contributed by atoms with Gasteiger partial charge < -0.3 is 0 Å². The summed E-state index contributed by atoms with van der Waals surface area (Å²) in [6.45, 7) is 0.102. The van der Waals surface area contributed by atoms with Crippen molar-refractivity contribution in [3.05, 3.63) is 0 Å². The van der Waals surface area contributed by atoms with Crippen LogP contribution in [0.25, 0.3) is 0 Å². The van der Waals surface area contributed by atoms with Crippen LogP contribution in [-0.2, 0) is 15.2 Å². The zero-order valence-corrected chi connectivity index (χ0v) is 7.24. The average Bonchev–Trinajstić information content (AvgIpc) is 1.83. The molecular weight excluding hydrogens is 180 g/mol. The van der Waals surface area contributed by atoms with Crippen molar-refractivity contribution in [2.24, 2.45) is 0 Å². The summed E-state index contributed by atoms with van der Waals surface area (Å²) in [5, 5.41) is -0.110. The molecule has 0 spiro atoms. The molecule has 0 rings (SSSR count). The molecule has 1 unspecified atom stereocenters. The van der Waals surface area contributed by atoms with Crippen LogP contribution >= 0.6 is 25.3 Å². The first-order chi connectivity index (χ1) is 4.16. The lowest BCUT2D eigenvalue weighted by atomic mass is 10.5. The third kappa shape index (κ3) is 6.50.